The van der Waals surface area contributed by atoms with Crippen LogP contribution in [0, 0.1) is 0 Å². The molecular weight excluding hydrogens is 352 g/mol. The highest BCUT2D eigenvalue weighted by Gasteiger charge is 2.23. The zero-order valence-corrected chi connectivity index (χ0v) is 13.7. The van der Waals surface area contributed by atoms with Crippen LogP contribution in [0.5, 0.6) is 0 Å². The van der Waals surface area contributed by atoms with Gasteiger partial charge in [0.1, 0.15) is 0 Å². The van der Waals surface area contributed by atoms with Crippen molar-refractivity contribution in [3.8, 4) is 5.69 Å². The van der Waals surface area contributed by atoms with Crippen molar-refractivity contribution < 1.29 is 4.79 Å². The molecule has 0 bridgehead atoms. The molecule has 4 heteroatoms. The molecule has 1 N–H and O–H groups in total. The quantitative estimate of drug-likeness (QED) is 0.655. The Hall–Kier alpha value is -2.59. The number of benzene rings is 2. The Bertz CT molecular complexity index is 923. The maximum Gasteiger partial charge on any atom is 0.256 e. The summed E-state index contributed by atoms with van der Waals surface area (Å²) in [5.41, 5.74) is 4.60. The van der Waals surface area contributed by atoms with Gasteiger partial charge in [-0.1, -0.05) is 34.1 Å². The van der Waals surface area contributed by atoms with Gasteiger partial charge in [-0.15, -0.1) is 0 Å². The van der Waals surface area contributed by atoms with E-state index in [0.717, 1.165) is 27.0 Å². The summed E-state index contributed by atoms with van der Waals surface area (Å²) in [5, 5.41) is 2.89. The third-order valence-electron chi connectivity index (χ3n) is 3.86. The number of hydrogen-bond acceptors (Lipinski definition) is 1. The van der Waals surface area contributed by atoms with Crippen LogP contribution >= 0.6 is 15.9 Å². The lowest BCUT2D eigenvalue weighted by molar-refractivity contribution is -0.110. The fourth-order valence-electron chi connectivity index (χ4n) is 2.72. The minimum Gasteiger partial charge on any atom is -0.323 e. The number of carbonyl (C=O) groups is 1. The number of rotatable bonds is 2. The number of nitrogens with zero attached hydrogens (tertiary/aromatic N) is 1. The molecule has 1 aliphatic rings. The van der Waals surface area contributed by atoms with E-state index in [0.29, 0.717) is 5.57 Å². The highest BCUT2D eigenvalue weighted by atomic mass is 79.9. The Balaban J connectivity index is 1.70. The molecular formula is C19H13BrN2O. The highest BCUT2D eigenvalue weighted by Crippen LogP contribution is 2.32. The molecule has 3 aromatic rings. The van der Waals surface area contributed by atoms with Crippen molar-refractivity contribution in [2.75, 3.05) is 5.32 Å². The van der Waals surface area contributed by atoms with Gasteiger partial charge in [0, 0.05) is 39.4 Å². The Morgan fingerprint density at radius 2 is 1.78 bits per heavy atom. The van der Waals surface area contributed by atoms with Crippen LogP contribution in [0.1, 0.15) is 11.1 Å². The predicted octanol–water partition coefficient (Wildman–Crippen LogP) is 4.73. The standard InChI is InChI=1S/C19H13BrN2O/c20-14-5-7-15(8-6-14)22-10-9-13(12-22)11-17-16-3-1-2-4-18(16)21-19(17)23/h1-12H,(H,21,23)/b17-11-. The molecule has 23 heavy (non-hydrogen) atoms. The van der Waals surface area contributed by atoms with E-state index in [9.17, 15) is 4.79 Å². The highest BCUT2D eigenvalue weighted by molar-refractivity contribution is 9.10. The van der Waals surface area contributed by atoms with Crippen molar-refractivity contribution in [2.45, 2.75) is 0 Å². The van der Waals surface area contributed by atoms with Gasteiger partial charge < -0.3 is 9.88 Å². The monoisotopic (exact) mass is 364 g/mol. The van der Waals surface area contributed by atoms with E-state index in [-0.39, 0.29) is 5.91 Å². The molecule has 4 rings (SSSR count). The van der Waals surface area contributed by atoms with E-state index in [1.807, 2.05) is 77.6 Å². The third-order valence-corrected chi connectivity index (χ3v) is 4.39. The lowest BCUT2D eigenvalue weighted by Crippen LogP contribution is -2.03. The van der Waals surface area contributed by atoms with Gasteiger partial charge in [-0.2, -0.15) is 0 Å². The molecule has 1 amide bonds. The molecule has 0 atom stereocenters. The zero-order chi connectivity index (χ0) is 15.8. The molecule has 0 spiro atoms. The van der Waals surface area contributed by atoms with E-state index in [2.05, 4.69) is 21.2 Å². The number of halogens is 1. The predicted molar refractivity (Wildman–Crippen MR) is 96.4 cm³/mol. The number of carbonyl (C=O) groups excluding carboxylic acids is 1. The molecule has 0 fully saturated rings. The van der Waals surface area contributed by atoms with Gasteiger partial charge in [-0.05, 0) is 48.0 Å². The van der Waals surface area contributed by atoms with Crippen LogP contribution in [0.15, 0.2) is 71.5 Å². The summed E-state index contributed by atoms with van der Waals surface area (Å²) < 4.78 is 3.09. The van der Waals surface area contributed by atoms with Crippen molar-refractivity contribution in [1.82, 2.24) is 4.57 Å². The maximum atomic E-state index is 12.2. The molecule has 2 heterocycles. The second-order valence-corrected chi connectivity index (χ2v) is 6.30. The molecule has 0 radical (unpaired) electrons. The largest absolute Gasteiger partial charge is 0.323 e. The summed E-state index contributed by atoms with van der Waals surface area (Å²) in [6.45, 7) is 0. The number of para-hydroxylation sites is 1. The van der Waals surface area contributed by atoms with Gasteiger partial charge in [0.25, 0.3) is 5.91 Å². The average Bonchev–Trinajstić information content (AvgIpc) is 3.14. The molecule has 3 nitrogen and oxygen atoms in total. The minimum absolute atomic E-state index is 0.0532. The van der Waals surface area contributed by atoms with Crippen LogP contribution in [0.2, 0.25) is 0 Å². The van der Waals surface area contributed by atoms with Crippen molar-refractivity contribution in [1.29, 1.82) is 0 Å². The van der Waals surface area contributed by atoms with Crippen molar-refractivity contribution in [3.05, 3.63) is 82.6 Å². The van der Waals surface area contributed by atoms with Crippen molar-refractivity contribution in [3.63, 3.8) is 0 Å². The second kappa shape index (κ2) is 5.56. The zero-order valence-electron chi connectivity index (χ0n) is 12.2. The Morgan fingerprint density at radius 1 is 1.00 bits per heavy atom. The SMILES string of the molecule is O=C1Nc2ccccc2/C1=C/c1ccn(-c2ccc(Br)cc2)c1. The number of amides is 1. The maximum absolute atomic E-state index is 12.2. The molecule has 1 aromatic heterocycles. The van der Waals surface area contributed by atoms with Crippen LogP contribution in [-0.2, 0) is 4.79 Å². The molecule has 0 unspecified atom stereocenters. The van der Waals surface area contributed by atoms with E-state index in [1.54, 1.807) is 0 Å². The fourth-order valence-corrected chi connectivity index (χ4v) is 2.99. The minimum atomic E-state index is -0.0532. The van der Waals surface area contributed by atoms with Crippen LogP contribution in [0.4, 0.5) is 5.69 Å². The average molecular weight is 365 g/mol. The Kier molecular flexibility index (Phi) is 3.39. The molecule has 112 valence electrons. The summed E-state index contributed by atoms with van der Waals surface area (Å²) in [4.78, 5) is 12.2. The van der Waals surface area contributed by atoms with Gasteiger partial charge in [-0.25, -0.2) is 0 Å². The topological polar surface area (TPSA) is 34.0 Å². The Labute approximate surface area is 142 Å². The normalized spacial score (nSPS) is 14.8. The number of hydrogen-bond donors (Lipinski definition) is 1. The van der Waals surface area contributed by atoms with Crippen LogP contribution in [0.3, 0.4) is 0 Å². The fraction of sp³-hybridized carbons (Fsp3) is 0. The molecule has 1 aliphatic heterocycles. The first kappa shape index (κ1) is 14.0. The summed E-state index contributed by atoms with van der Waals surface area (Å²) >= 11 is 3.44. The van der Waals surface area contributed by atoms with Crippen LogP contribution < -0.4 is 5.32 Å². The lowest BCUT2D eigenvalue weighted by atomic mass is 10.1. The van der Waals surface area contributed by atoms with E-state index < -0.39 is 0 Å². The smallest absolute Gasteiger partial charge is 0.256 e. The van der Waals surface area contributed by atoms with E-state index >= 15 is 0 Å². The first-order chi connectivity index (χ1) is 11.2. The van der Waals surface area contributed by atoms with E-state index in [4.69, 9.17) is 0 Å². The summed E-state index contributed by atoms with van der Waals surface area (Å²) in [6.07, 6.45) is 5.94. The number of fused-ring (bicyclic) bond motifs is 1. The molecule has 2 aromatic carbocycles. The van der Waals surface area contributed by atoms with Gasteiger partial charge in [0.15, 0.2) is 0 Å². The van der Waals surface area contributed by atoms with E-state index in [1.165, 1.54) is 0 Å². The van der Waals surface area contributed by atoms with Crippen LogP contribution in [0.25, 0.3) is 17.3 Å². The van der Waals surface area contributed by atoms with Crippen molar-refractivity contribution >= 4 is 39.2 Å². The number of aromatic nitrogens is 1. The lowest BCUT2D eigenvalue weighted by Gasteiger charge is -2.02. The van der Waals surface area contributed by atoms with Gasteiger partial charge >= 0.3 is 0 Å². The van der Waals surface area contributed by atoms with Gasteiger partial charge in [-0.3, -0.25) is 4.79 Å². The van der Waals surface area contributed by atoms with Crippen LogP contribution in [-0.4, -0.2) is 10.5 Å². The third kappa shape index (κ3) is 2.62. The number of anilines is 1. The first-order valence-electron chi connectivity index (χ1n) is 7.27. The number of nitrogens with one attached hydrogen (secondary N) is 1. The molecule has 0 saturated heterocycles. The Morgan fingerprint density at radius 3 is 2.61 bits per heavy atom. The summed E-state index contributed by atoms with van der Waals surface area (Å²) in [7, 11) is 0. The molecule has 0 saturated carbocycles. The molecule has 0 aliphatic carbocycles. The first-order valence-corrected chi connectivity index (χ1v) is 8.06. The second-order valence-electron chi connectivity index (χ2n) is 5.39. The summed E-state index contributed by atoms with van der Waals surface area (Å²) in [5.74, 6) is -0.0532. The van der Waals surface area contributed by atoms with Crippen molar-refractivity contribution in [2.24, 2.45) is 0 Å². The van der Waals surface area contributed by atoms with Gasteiger partial charge in [0.05, 0.1) is 0 Å². The van der Waals surface area contributed by atoms with Gasteiger partial charge in [0.2, 0.25) is 0 Å². The summed E-state index contributed by atoms with van der Waals surface area (Å²) in [6, 6.07) is 17.8.